The molecule has 1 fully saturated rings. The van der Waals surface area contributed by atoms with Crippen LogP contribution in [0.1, 0.15) is 33.3 Å². The second kappa shape index (κ2) is 4.45. The van der Waals surface area contributed by atoms with Crippen LogP contribution in [0.4, 0.5) is 0 Å². The largest absolute Gasteiger partial charge is 0.298 e. The zero-order valence-electron chi connectivity index (χ0n) is 11.5. The highest BCUT2D eigenvalue weighted by molar-refractivity contribution is 5.15. The number of hydrogen-bond donors (Lipinski definition) is 0. The molecule has 1 aliphatic heterocycles. The highest BCUT2D eigenvalue weighted by Gasteiger charge is 2.37. The monoisotopic (exact) mass is 230 g/mol. The van der Waals surface area contributed by atoms with Crippen LogP contribution in [0, 0.1) is 17.3 Å². The molecule has 1 aromatic rings. The summed E-state index contributed by atoms with van der Waals surface area (Å²) in [6.45, 7) is 12.7. The first-order valence-electron chi connectivity index (χ1n) is 6.50. The van der Waals surface area contributed by atoms with Gasteiger partial charge in [-0.3, -0.25) is 4.90 Å². The van der Waals surface area contributed by atoms with Crippen LogP contribution in [0.2, 0.25) is 0 Å². The molecule has 0 aromatic heterocycles. The molecular formula is C16H24N. The first-order valence-corrected chi connectivity index (χ1v) is 6.50. The second-order valence-electron chi connectivity index (χ2n) is 6.75. The van der Waals surface area contributed by atoms with Gasteiger partial charge in [0.15, 0.2) is 0 Å². The van der Waals surface area contributed by atoms with E-state index >= 15 is 0 Å². The van der Waals surface area contributed by atoms with Crippen molar-refractivity contribution in [2.24, 2.45) is 10.8 Å². The zero-order chi connectivity index (χ0) is 12.5. The van der Waals surface area contributed by atoms with Crippen LogP contribution in [0.15, 0.2) is 30.3 Å². The smallest absolute Gasteiger partial charge is 0.0234 e. The molecule has 0 N–H and O–H groups in total. The van der Waals surface area contributed by atoms with Crippen molar-refractivity contribution in [2.45, 2.75) is 34.2 Å². The van der Waals surface area contributed by atoms with Crippen LogP contribution < -0.4 is 0 Å². The fourth-order valence-electron chi connectivity index (χ4n) is 3.31. The Bertz CT molecular complexity index is 348. The third-order valence-electron chi connectivity index (χ3n) is 3.29. The Morgan fingerprint density at radius 1 is 0.941 bits per heavy atom. The van der Waals surface area contributed by atoms with E-state index in [1.54, 1.807) is 0 Å². The number of hydrogen-bond acceptors (Lipinski definition) is 1. The van der Waals surface area contributed by atoms with Crippen molar-refractivity contribution >= 4 is 0 Å². The van der Waals surface area contributed by atoms with Gasteiger partial charge in [0.25, 0.3) is 0 Å². The Kier molecular flexibility index (Phi) is 3.31. The molecule has 1 aliphatic rings. The summed E-state index contributed by atoms with van der Waals surface area (Å²) in [5.41, 5.74) is 2.05. The first kappa shape index (κ1) is 12.6. The number of rotatable bonds is 2. The molecule has 17 heavy (non-hydrogen) atoms. The van der Waals surface area contributed by atoms with Crippen LogP contribution in [0.3, 0.4) is 0 Å². The van der Waals surface area contributed by atoms with E-state index in [1.165, 1.54) is 5.56 Å². The maximum atomic E-state index is 2.58. The molecule has 1 heterocycles. The van der Waals surface area contributed by atoms with E-state index in [9.17, 15) is 0 Å². The Labute approximate surface area is 106 Å². The van der Waals surface area contributed by atoms with Crippen LogP contribution >= 0.6 is 0 Å². The van der Waals surface area contributed by atoms with Crippen LogP contribution in [-0.2, 0) is 6.54 Å². The molecule has 0 unspecified atom stereocenters. The minimum Gasteiger partial charge on any atom is -0.298 e. The summed E-state index contributed by atoms with van der Waals surface area (Å²) >= 11 is 0. The predicted molar refractivity (Wildman–Crippen MR) is 73.6 cm³/mol. The van der Waals surface area contributed by atoms with Gasteiger partial charge in [-0.05, 0) is 22.8 Å². The molecule has 2 rings (SSSR count). The Morgan fingerprint density at radius 3 is 2.00 bits per heavy atom. The minimum absolute atomic E-state index is 0.316. The average Bonchev–Trinajstić information content (AvgIpc) is 2.13. The van der Waals surface area contributed by atoms with Gasteiger partial charge in [0.05, 0.1) is 0 Å². The summed E-state index contributed by atoms with van der Waals surface area (Å²) in [4.78, 5) is 2.58. The Balaban J connectivity index is 2.06. The van der Waals surface area contributed by atoms with Crippen molar-refractivity contribution in [3.05, 3.63) is 42.3 Å². The summed E-state index contributed by atoms with van der Waals surface area (Å²) in [6.07, 6.45) is 2.52. The van der Waals surface area contributed by atoms with Gasteiger partial charge in [-0.1, -0.05) is 58.0 Å². The second-order valence-corrected chi connectivity index (χ2v) is 6.75. The molecular weight excluding hydrogens is 206 g/mol. The molecule has 0 atom stereocenters. The topological polar surface area (TPSA) is 3.24 Å². The number of piperidine rings is 1. The normalized spacial score (nSPS) is 23.5. The van der Waals surface area contributed by atoms with Gasteiger partial charge in [-0.15, -0.1) is 0 Å². The van der Waals surface area contributed by atoms with E-state index in [4.69, 9.17) is 0 Å². The van der Waals surface area contributed by atoms with E-state index in [2.05, 4.69) is 69.3 Å². The lowest BCUT2D eigenvalue weighted by Crippen LogP contribution is -2.48. The van der Waals surface area contributed by atoms with Crippen LogP contribution in [0.25, 0.3) is 0 Å². The molecule has 1 radical (unpaired) electrons. The molecule has 0 amide bonds. The lowest BCUT2D eigenvalue weighted by molar-refractivity contribution is 0.0792. The predicted octanol–water partition coefficient (Wildman–Crippen LogP) is 3.76. The van der Waals surface area contributed by atoms with Crippen molar-refractivity contribution in [1.29, 1.82) is 0 Å². The van der Waals surface area contributed by atoms with E-state index in [0.29, 0.717) is 10.8 Å². The van der Waals surface area contributed by atoms with Crippen molar-refractivity contribution in [3.63, 3.8) is 0 Å². The number of likely N-dealkylation sites (tertiary alicyclic amines) is 1. The minimum atomic E-state index is 0.316. The molecule has 1 saturated heterocycles. The first-order chi connectivity index (χ1) is 7.86. The quantitative estimate of drug-likeness (QED) is 0.747. The lowest BCUT2D eigenvalue weighted by atomic mass is 9.71. The van der Waals surface area contributed by atoms with Gasteiger partial charge in [0, 0.05) is 19.6 Å². The van der Waals surface area contributed by atoms with Gasteiger partial charge in [-0.25, -0.2) is 0 Å². The van der Waals surface area contributed by atoms with E-state index < -0.39 is 0 Å². The average molecular weight is 230 g/mol. The maximum Gasteiger partial charge on any atom is 0.0234 e. The van der Waals surface area contributed by atoms with E-state index in [0.717, 1.165) is 19.6 Å². The van der Waals surface area contributed by atoms with Gasteiger partial charge in [0.2, 0.25) is 0 Å². The van der Waals surface area contributed by atoms with Gasteiger partial charge in [0.1, 0.15) is 0 Å². The molecule has 0 spiro atoms. The van der Waals surface area contributed by atoms with Gasteiger partial charge in [-0.2, -0.15) is 0 Å². The van der Waals surface area contributed by atoms with Crippen LogP contribution in [0.5, 0.6) is 0 Å². The van der Waals surface area contributed by atoms with Gasteiger partial charge >= 0.3 is 0 Å². The third kappa shape index (κ3) is 3.57. The number of benzene rings is 1. The summed E-state index contributed by atoms with van der Waals surface area (Å²) in [5, 5.41) is 0. The van der Waals surface area contributed by atoms with Crippen molar-refractivity contribution in [1.82, 2.24) is 4.90 Å². The van der Waals surface area contributed by atoms with Crippen molar-refractivity contribution in [2.75, 3.05) is 13.1 Å². The number of nitrogens with zero attached hydrogens (tertiary/aromatic N) is 1. The zero-order valence-corrected chi connectivity index (χ0v) is 11.5. The molecule has 1 heteroatoms. The Morgan fingerprint density at radius 2 is 1.47 bits per heavy atom. The SMILES string of the molecule is CC1(C)[CH]C(C)(C)CN(Cc2ccccc2)C1. The summed E-state index contributed by atoms with van der Waals surface area (Å²) < 4.78 is 0. The van der Waals surface area contributed by atoms with Gasteiger partial charge < -0.3 is 0 Å². The summed E-state index contributed by atoms with van der Waals surface area (Å²) in [7, 11) is 0. The summed E-state index contributed by atoms with van der Waals surface area (Å²) in [6, 6.07) is 10.8. The standard InChI is InChI=1S/C16H24N/c1-15(2)11-16(3,4)13-17(12-15)10-14-8-6-5-7-9-14/h5-9,11H,10,12-13H2,1-4H3. The molecule has 0 aliphatic carbocycles. The van der Waals surface area contributed by atoms with Crippen molar-refractivity contribution < 1.29 is 0 Å². The molecule has 1 nitrogen and oxygen atoms in total. The molecule has 0 bridgehead atoms. The van der Waals surface area contributed by atoms with E-state index in [-0.39, 0.29) is 0 Å². The van der Waals surface area contributed by atoms with E-state index in [1.807, 2.05) is 0 Å². The third-order valence-corrected chi connectivity index (χ3v) is 3.29. The molecule has 1 aromatic carbocycles. The molecule has 0 saturated carbocycles. The maximum absolute atomic E-state index is 2.58. The van der Waals surface area contributed by atoms with Crippen LogP contribution in [-0.4, -0.2) is 18.0 Å². The highest BCUT2D eigenvalue weighted by atomic mass is 15.1. The highest BCUT2D eigenvalue weighted by Crippen LogP contribution is 2.38. The summed E-state index contributed by atoms with van der Waals surface area (Å²) in [5.74, 6) is 0. The fourth-order valence-corrected chi connectivity index (χ4v) is 3.31. The van der Waals surface area contributed by atoms with Crippen molar-refractivity contribution in [3.8, 4) is 0 Å². The lowest BCUT2D eigenvalue weighted by Gasteiger charge is -2.46. The molecule has 93 valence electrons. The Hall–Kier alpha value is -0.820. The fraction of sp³-hybridized carbons (Fsp3) is 0.562.